The first-order chi connectivity index (χ1) is 14.9. The van der Waals surface area contributed by atoms with Crippen LogP contribution >= 0.6 is 0 Å². The number of hydrogen-bond donors (Lipinski definition) is 0. The maximum atomic E-state index is 12.8. The number of rotatable bonds is 5. The Morgan fingerprint density at radius 3 is 2.32 bits per heavy atom. The van der Waals surface area contributed by atoms with E-state index in [1.54, 1.807) is 19.1 Å². The smallest absolute Gasteiger partial charge is 0.289 e. The van der Waals surface area contributed by atoms with Gasteiger partial charge in [0.15, 0.2) is 5.76 Å². The van der Waals surface area contributed by atoms with E-state index in [-0.39, 0.29) is 5.91 Å². The summed E-state index contributed by atoms with van der Waals surface area (Å²) in [7, 11) is 3.41. The molecule has 31 heavy (non-hydrogen) atoms. The Balaban J connectivity index is 1.67. The molecule has 0 atom stereocenters. The number of morpholine rings is 1. The minimum Gasteiger partial charge on any atom is -0.496 e. The van der Waals surface area contributed by atoms with Crippen molar-refractivity contribution in [2.24, 2.45) is 0 Å². The van der Waals surface area contributed by atoms with Gasteiger partial charge in [-0.2, -0.15) is 0 Å². The fourth-order valence-corrected chi connectivity index (χ4v) is 4.39. The van der Waals surface area contributed by atoms with E-state index >= 15 is 0 Å². The van der Waals surface area contributed by atoms with Crippen molar-refractivity contribution < 1.29 is 23.4 Å². The molecule has 0 bridgehead atoms. The highest BCUT2D eigenvalue weighted by molar-refractivity contribution is 5.96. The number of carbonyl (C=O) groups excluding carboxylic acids is 1. The molecule has 1 fully saturated rings. The van der Waals surface area contributed by atoms with E-state index in [0.29, 0.717) is 44.1 Å². The maximum absolute atomic E-state index is 12.8. The van der Waals surface area contributed by atoms with Gasteiger partial charge in [-0.05, 0) is 61.2 Å². The molecular formula is C25H29NO5. The van der Waals surface area contributed by atoms with Crippen LogP contribution < -0.4 is 9.47 Å². The third-order valence-corrected chi connectivity index (χ3v) is 6.19. The van der Waals surface area contributed by atoms with Gasteiger partial charge in [0.1, 0.15) is 17.1 Å². The summed E-state index contributed by atoms with van der Waals surface area (Å²) in [4.78, 5) is 14.5. The number of amides is 1. The second kappa shape index (κ2) is 8.63. The van der Waals surface area contributed by atoms with Crippen LogP contribution in [0.3, 0.4) is 0 Å². The van der Waals surface area contributed by atoms with Crippen LogP contribution in [0.4, 0.5) is 0 Å². The van der Waals surface area contributed by atoms with Gasteiger partial charge in [0.05, 0.1) is 27.4 Å². The number of ether oxygens (including phenoxy) is 3. The monoisotopic (exact) mass is 423 g/mol. The average Bonchev–Trinajstić information content (AvgIpc) is 3.21. The van der Waals surface area contributed by atoms with E-state index in [1.807, 2.05) is 18.2 Å². The lowest BCUT2D eigenvalue weighted by Crippen LogP contribution is -2.40. The quantitative estimate of drug-likeness (QED) is 0.607. The number of fused-ring (bicyclic) bond motifs is 1. The molecule has 0 saturated carbocycles. The van der Waals surface area contributed by atoms with E-state index in [1.165, 1.54) is 0 Å². The molecule has 1 amide bonds. The second-order valence-electron chi connectivity index (χ2n) is 7.98. The molecule has 1 saturated heterocycles. The van der Waals surface area contributed by atoms with E-state index < -0.39 is 0 Å². The molecule has 4 rings (SSSR count). The van der Waals surface area contributed by atoms with Crippen molar-refractivity contribution in [2.75, 3.05) is 40.5 Å². The Morgan fingerprint density at radius 2 is 1.65 bits per heavy atom. The molecule has 0 spiro atoms. The number of carbonyl (C=O) groups is 1. The Labute approximate surface area is 182 Å². The molecular weight excluding hydrogens is 394 g/mol. The van der Waals surface area contributed by atoms with Crippen molar-refractivity contribution in [3.8, 4) is 11.5 Å². The minimum absolute atomic E-state index is 0.0857. The van der Waals surface area contributed by atoms with Gasteiger partial charge in [-0.25, -0.2) is 0 Å². The van der Waals surface area contributed by atoms with Gasteiger partial charge in [-0.3, -0.25) is 4.79 Å². The highest BCUT2D eigenvalue weighted by Gasteiger charge is 2.23. The maximum Gasteiger partial charge on any atom is 0.289 e. The summed E-state index contributed by atoms with van der Waals surface area (Å²) in [5.41, 5.74) is 6.19. The molecule has 6 nitrogen and oxygen atoms in total. The number of benzene rings is 2. The van der Waals surface area contributed by atoms with Crippen molar-refractivity contribution >= 4 is 16.9 Å². The molecule has 0 N–H and O–H groups in total. The molecule has 1 aliphatic heterocycles. The van der Waals surface area contributed by atoms with Gasteiger partial charge < -0.3 is 23.5 Å². The third-order valence-electron chi connectivity index (χ3n) is 6.19. The first kappa shape index (κ1) is 21.2. The highest BCUT2D eigenvalue weighted by Crippen LogP contribution is 2.39. The van der Waals surface area contributed by atoms with Crippen LogP contribution in [0.5, 0.6) is 11.5 Å². The zero-order valence-corrected chi connectivity index (χ0v) is 18.8. The highest BCUT2D eigenvalue weighted by atomic mass is 16.5. The summed E-state index contributed by atoms with van der Waals surface area (Å²) in [6.07, 6.45) is 0.695. The number of nitrogens with zero attached hydrogens (tertiary/aromatic N) is 1. The predicted octanol–water partition coefficient (Wildman–Crippen LogP) is 4.44. The van der Waals surface area contributed by atoms with E-state index in [9.17, 15) is 4.79 Å². The van der Waals surface area contributed by atoms with Gasteiger partial charge in [0.2, 0.25) is 0 Å². The summed E-state index contributed by atoms with van der Waals surface area (Å²) >= 11 is 0. The molecule has 164 valence electrons. The van der Waals surface area contributed by atoms with Gasteiger partial charge in [-0.15, -0.1) is 0 Å². The molecule has 6 heteroatoms. The molecule has 2 aromatic carbocycles. The first-order valence-corrected chi connectivity index (χ1v) is 10.5. The van der Waals surface area contributed by atoms with Crippen molar-refractivity contribution in [2.45, 2.75) is 27.2 Å². The summed E-state index contributed by atoms with van der Waals surface area (Å²) < 4.78 is 22.6. The standard InChI is InChI=1S/C25H29NO5/c1-15-16(2)24(29-5)20(17(3)23(15)28-4)13-18-6-7-21-19(12-18)14-22(31-21)25(27)26-8-10-30-11-9-26/h6-7,12,14H,8-11,13H2,1-5H3. The van der Waals surface area contributed by atoms with Crippen LogP contribution in [-0.4, -0.2) is 51.3 Å². The van der Waals surface area contributed by atoms with Gasteiger partial charge >= 0.3 is 0 Å². The summed E-state index contributed by atoms with van der Waals surface area (Å²) in [6, 6.07) is 7.88. The summed E-state index contributed by atoms with van der Waals surface area (Å²) in [5, 5.41) is 0.918. The zero-order valence-electron chi connectivity index (χ0n) is 18.8. The SMILES string of the molecule is COc1c(C)c(C)c(OC)c(Cc2ccc3oc(C(=O)N4CCOCC4)cc3c2)c1C. The Morgan fingerprint density at radius 1 is 0.968 bits per heavy atom. The van der Waals surface area contributed by atoms with Crippen molar-refractivity contribution in [3.05, 3.63) is 57.8 Å². The normalized spacial score (nSPS) is 14.2. The Hall–Kier alpha value is -2.99. The number of furan rings is 1. The van der Waals surface area contributed by atoms with Crippen molar-refractivity contribution in [1.82, 2.24) is 4.90 Å². The first-order valence-electron chi connectivity index (χ1n) is 10.5. The Kier molecular flexibility index (Phi) is 5.92. The topological polar surface area (TPSA) is 61.1 Å². The molecule has 0 radical (unpaired) electrons. The number of methoxy groups -OCH3 is 2. The van der Waals surface area contributed by atoms with E-state index in [2.05, 4.69) is 26.8 Å². The third kappa shape index (κ3) is 3.88. The van der Waals surface area contributed by atoms with Crippen LogP contribution in [0.1, 0.15) is 38.4 Å². The second-order valence-corrected chi connectivity index (χ2v) is 7.98. The van der Waals surface area contributed by atoms with Crippen LogP contribution in [0.2, 0.25) is 0 Å². The largest absolute Gasteiger partial charge is 0.496 e. The van der Waals surface area contributed by atoms with Gasteiger partial charge in [-0.1, -0.05) is 6.07 Å². The van der Waals surface area contributed by atoms with Crippen LogP contribution in [0.15, 0.2) is 28.7 Å². The Bertz CT molecular complexity index is 1120. The molecule has 1 aromatic heterocycles. The average molecular weight is 424 g/mol. The van der Waals surface area contributed by atoms with E-state index in [0.717, 1.165) is 44.7 Å². The van der Waals surface area contributed by atoms with Crippen LogP contribution in [0, 0.1) is 20.8 Å². The zero-order chi connectivity index (χ0) is 22.1. The van der Waals surface area contributed by atoms with Gasteiger partial charge in [0, 0.05) is 30.5 Å². The minimum atomic E-state index is -0.0857. The van der Waals surface area contributed by atoms with E-state index in [4.69, 9.17) is 18.6 Å². The fourth-order valence-electron chi connectivity index (χ4n) is 4.39. The fraction of sp³-hybridized carbons (Fsp3) is 0.400. The van der Waals surface area contributed by atoms with Crippen LogP contribution in [-0.2, 0) is 11.2 Å². The lowest BCUT2D eigenvalue weighted by Gasteiger charge is -2.25. The molecule has 1 aliphatic rings. The molecule has 3 aromatic rings. The lowest BCUT2D eigenvalue weighted by atomic mass is 9.92. The molecule has 0 unspecified atom stereocenters. The molecule has 0 aliphatic carbocycles. The van der Waals surface area contributed by atoms with Crippen molar-refractivity contribution in [3.63, 3.8) is 0 Å². The van der Waals surface area contributed by atoms with Gasteiger partial charge in [0.25, 0.3) is 5.91 Å². The lowest BCUT2D eigenvalue weighted by molar-refractivity contribution is 0.0284. The summed E-state index contributed by atoms with van der Waals surface area (Å²) in [5.74, 6) is 2.08. The predicted molar refractivity (Wildman–Crippen MR) is 119 cm³/mol. The number of hydrogen-bond acceptors (Lipinski definition) is 5. The van der Waals surface area contributed by atoms with Crippen molar-refractivity contribution in [1.29, 1.82) is 0 Å². The molecule has 2 heterocycles. The van der Waals surface area contributed by atoms with Crippen LogP contribution in [0.25, 0.3) is 11.0 Å². The summed E-state index contributed by atoms with van der Waals surface area (Å²) in [6.45, 7) is 8.50.